The Morgan fingerprint density at radius 2 is 1.56 bits per heavy atom. The third-order valence-electron chi connectivity index (χ3n) is 6.79. The Kier molecular flexibility index (Phi) is 8.37. The first kappa shape index (κ1) is 29.2. The lowest BCUT2D eigenvalue weighted by Gasteiger charge is -2.26. The van der Waals surface area contributed by atoms with Gasteiger partial charge in [-0.05, 0) is 30.7 Å². The number of aromatic nitrogens is 1. The van der Waals surface area contributed by atoms with Gasteiger partial charge >= 0.3 is 0 Å². The molecule has 0 fully saturated rings. The molecular weight excluding hydrogens is 566 g/mol. The fourth-order valence-corrected chi connectivity index (χ4v) is 4.58. The predicted octanol–water partition coefficient (Wildman–Crippen LogP) is 4.97. The number of nitrogens with zero attached hydrogens (tertiary/aromatic N) is 3. The monoisotopic (exact) mass is 591 g/mol. The van der Waals surface area contributed by atoms with Gasteiger partial charge in [-0.2, -0.15) is 22.5 Å². The number of hydrogen-bond donors (Lipinski definition) is 2. The van der Waals surface area contributed by atoms with E-state index in [2.05, 4.69) is 20.6 Å². The molecule has 4 aromatic rings. The van der Waals surface area contributed by atoms with E-state index in [0.717, 1.165) is 5.56 Å². The molecule has 2 atom stereocenters. The van der Waals surface area contributed by atoms with Crippen LogP contribution in [0.1, 0.15) is 23.6 Å². The first-order valence-electron chi connectivity index (χ1n) is 13.1. The number of rotatable bonds is 8. The normalized spacial score (nSPS) is 15.2. The number of carbonyl (C=O) groups is 2. The smallest absolute Gasteiger partial charge is 0.272 e. The molecule has 2 heterocycles. The second-order valence-corrected chi connectivity index (χ2v) is 9.61. The quantitative estimate of drug-likeness (QED) is 0.223. The highest BCUT2D eigenvalue weighted by Gasteiger charge is 2.34. The molecule has 0 aliphatic carbocycles. The summed E-state index contributed by atoms with van der Waals surface area (Å²) < 4.78 is 60.9. The molecule has 220 valence electrons. The van der Waals surface area contributed by atoms with Crippen LogP contribution in [0.15, 0.2) is 83.9 Å². The van der Waals surface area contributed by atoms with Gasteiger partial charge in [0.2, 0.25) is 23.7 Å². The number of carbonyl (C=O) groups excluding carboxylic acids is 2. The summed E-state index contributed by atoms with van der Waals surface area (Å²) in [5.74, 6) is -8.22. The molecule has 1 aliphatic rings. The largest absolute Gasteiger partial charge is 0.497 e. The van der Waals surface area contributed by atoms with E-state index < -0.39 is 53.2 Å². The van der Waals surface area contributed by atoms with Gasteiger partial charge in [-0.25, -0.2) is 4.99 Å². The van der Waals surface area contributed by atoms with Crippen molar-refractivity contribution in [1.29, 1.82) is 0 Å². The SMILES string of the molecule is COc1ccc(CN2C(=O)[C@@H](NC(=O)[C@@H](C)Nc3c(F)c(F)nc(F)c3F)N=C(c3ccccc3)c3ccccc32)cc1. The van der Waals surface area contributed by atoms with Crippen molar-refractivity contribution >= 4 is 28.9 Å². The highest BCUT2D eigenvalue weighted by atomic mass is 19.2. The zero-order valence-corrected chi connectivity index (χ0v) is 22.9. The average molecular weight is 592 g/mol. The summed E-state index contributed by atoms with van der Waals surface area (Å²) in [4.78, 5) is 35.9. The molecule has 5 rings (SSSR count). The maximum Gasteiger partial charge on any atom is 0.272 e. The third kappa shape index (κ3) is 6.03. The molecule has 0 spiro atoms. The van der Waals surface area contributed by atoms with Gasteiger partial charge in [-0.15, -0.1) is 0 Å². The first-order valence-corrected chi connectivity index (χ1v) is 13.1. The maximum atomic E-state index is 14.2. The number of amides is 2. The Bertz CT molecular complexity index is 1670. The van der Waals surface area contributed by atoms with E-state index in [1.165, 1.54) is 11.8 Å². The standard InChI is InChI=1S/C31H25F4N5O3/c1-17(36-26-23(32)27(34)38-28(35)24(26)33)30(41)39-29-31(42)40(16-18-12-14-20(43-2)15-13-18)22-11-7-6-10-21(22)25(37-29)19-8-4-3-5-9-19/h3-15,17,29H,16H2,1-2H3,(H,36,38)(H,39,41)/t17-,29-/m1/s1. The average Bonchev–Trinajstić information content (AvgIpc) is 3.13. The molecule has 2 N–H and O–H groups in total. The van der Waals surface area contributed by atoms with Gasteiger partial charge in [0.1, 0.15) is 17.5 Å². The van der Waals surface area contributed by atoms with Crippen molar-refractivity contribution in [2.45, 2.75) is 25.7 Å². The van der Waals surface area contributed by atoms with Gasteiger partial charge in [0.25, 0.3) is 17.8 Å². The van der Waals surface area contributed by atoms with E-state index in [1.807, 2.05) is 12.1 Å². The number of hydrogen-bond acceptors (Lipinski definition) is 6. The van der Waals surface area contributed by atoms with Crippen LogP contribution in [0, 0.1) is 23.5 Å². The molecule has 1 aromatic heterocycles. The summed E-state index contributed by atoms with van der Waals surface area (Å²) in [5.41, 5.74) is 1.82. The molecule has 0 saturated carbocycles. The third-order valence-corrected chi connectivity index (χ3v) is 6.79. The topological polar surface area (TPSA) is 95.9 Å². The number of benzodiazepines with no additional fused rings is 1. The number of pyridine rings is 1. The number of fused-ring (bicyclic) bond motifs is 1. The van der Waals surface area contributed by atoms with E-state index in [4.69, 9.17) is 4.74 Å². The van der Waals surface area contributed by atoms with Gasteiger partial charge in [0, 0.05) is 11.1 Å². The lowest BCUT2D eigenvalue weighted by Crippen LogP contribution is -2.50. The van der Waals surface area contributed by atoms with Crippen molar-refractivity contribution in [3.8, 4) is 5.75 Å². The zero-order chi connectivity index (χ0) is 30.7. The highest BCUT2D eigenvalue weighted by molar-refractivity contribution is 6.20. The van der Waals surface area contributed by atoms with Crippen LogP contribution in [-0.2, 0) is 16.1 Å². The number of methoxy groups -OCH3 is 1. The van der Waals surface area contributed by atoms with Crippen molar-refractivity contribution in [2.75, 3.05) is 17.3 Å². The van der Waals surface area contributed by atoms with E-state index in [1.54, 1.807) is 73.8 Å². The van der Waals surface area contributed by atoms with Crippen molar-refractivity contribution in [1.82, 2.24) is 10.3 Å². The Morgan fingerprint density at radius 3 is 2.21 bits per heavy atom. The van der Waals surface area contributed by atoms with Crippen molar-refractivity contribution < 1.29 is 31.9 Å². The number of anilines is 2. The molecule has 8 nitrogen and oxygen atoms in total. The van der Waals surface area contributed by atoms with Crippen LogP contribution in [-0.4, -0.2) is 41.8 Å². The molecule has 43 heavy (non-hydrogen) atoms. The number of nitrogens with one attached hydrogen (secondary N) is 2. The van der Waals surface area contributed by atoms with Crippen LogP contribution in [0.2, 0.25) is 0 Å². The molecular formula is C31H25F4N5O3. The number of aliphatic imine (C=N–C) groups is 1. The summed E-state index contributed by atoms with van der Waals surface area (Å²) in [6, 6.07) is 21.8. The predicted molar refractivity (Wildman–Crippen MR) is 152 cm³/mol. The minimum Gasteiger partial charge on any atom is -0.497 e. The van der Waals surface area contributed by atoms with Crippen LogP contribution in [0.5, 0.6) is 5.75 Å². The fourth-order valence-electron chi connectivity index (χ4n) is 4.58. The number of para-hydroxylation sites is 1. The van der Waals surface area contributed by atoms with Gasteiger partial charge in [-0.3, -0.25) is 9.59 Å². The minimum atomic E-state index is -1.88. The second kappa shape index (κ2) is 12.3. The van der Waals surface area contributed by atoms with Crippen LogP contribution < -0.4 is 20.3 Å². The fraction of sp³-hybridized carbons (Fsp3) is 0.161. The van der Waals surface area contributed by atoms with Gasteiger partial charge < -0.3 is 20.3 Å². The molecule has 12 heteroatoms. The van der Waals surface area contributed by atoms with E-state index in [0.29, 0.717) is 28.3 Å². The lowest BCUT2D eigenvalue weighted by molar-refractivity contribution is -0.127. The lowest BCUT2D eigenvalue weighted by atomic mass is 10.00. The first-order chi connectivity index (χ1) is 20.7. The maximum absolute atomic E-state index is 14.2. The zero-order valence-electron chi connectivity index (χ0n) is 22.9. The van der Waals surface area contributed by atoms with Crippen LogP contribution >= 0.6 is 0 Å². The van der Waals surface area contributed by atoms with Crippen molar-refractivity contribution in [2.24, 2.45) is 4.99 Å². The molecule has 2 amide bonds. The Hall–Kier alpha value is -5.26. The Labute approximate surface area is 244 Å². The molecule has 1 aliphatic heterocycles. The summed E-state index contributed by atoms with van der Waals surface area (Å²) in [6.45, 7) is 1.32. The van der Waals surface area contributed by atoms with E-state index >= 15 is 0 Å². The summed E-state index contributed by atoms with van der Waals surface area (Å²) in [7, 11) is 1.54. The summed E-state index contributed by atoms with van der Waals surface area (Å²) in [6.07, 6.45) is -1.47. The van der Waals surface area contributed by atoms with Crippen LogP contribution in [0.4, 0.5) is 28.9 Å². The van der Waals surface area contributed by atoms with Gasteiger partial charge in [0.05, 0.1) is 25.1 Å². The Morgan fingerprint density at radius 1 is 0.930 bits per heavy atom. The molecule has 0 bridgehead atoms. The number of halogens is 4. The summed E-state index contributed by atoms with van der Waals surface area (Å²) >= 11 is 0. The van der Waals surface area contributed by atoms with Crippen molar-refractivity contribution in [3.63, 3.8) is 0 Å². The van der Waals surface area contributed by atoms with E-state index in [9.17, 15) is 27.2 Å². The molecule has 0 unspecified atom stereocenters. The Balaban J connectivity index is 1.51. The van der Waals surface area contributed by atoms with E-state index in [-0.39, 0.29) is 6.54 Å². The van der Waals surface area contributed by atoms with Crippen LogP contribution in [0.25, 0.3) is 0 Å². The minimum absolute atomic E-state index is 0.115. The summed E-state index contributed by atoms with van der Waals surface area (Å²) in [5, 5.41) is 4.65. The molecule has 3 aromatic carbocycles. The number of ether oxygens (including phenoxy) is 1. The van der Waals surface area contributed by atoms with Gasteiger partial charge in [0.15, 0.2) is 0 Å². The van der Waals surface area contributed by atoms with Crippen LogP contribution in [0.3, 0.4) is 0 Å². The van der Waals surface area contributed by atoms with Gasteiger partial charge in [-0.1, -0.05) is 60.7 Å². The second-order valence-electron chi connectivity index (χ2n) is 9.61. The highest BCUT2D eigenvalue weighted by Crippen LogP contribution is 2.30. The van der Waals surface area contributed by atoms with Crippen molar-refractivity contribution in [3.05, 3.63) is 119 Å². The number of benzene rings is 3. The molecule has 0 saturated heterocycles. The molecule has 0 radical (unpaired) electrons.